The van der Waals surface area contributed by atoms with Gasteiger partial charge in [0.05, 0.1) is 0 Å². The van der Waals surface area contributed by atoms with Gasteiger partial charge in [-0.15, -0.1) is 22.7 Å². The second-order valence-corrected chi connectivity index (χ2v) is 9.55. The van der Waals surface area contributed by atoms with Crippen molar-refractivity contribution in [1.29, 1.82) is 0 Å². The summed E-state index contributed by atoms with van der Waals surface area (Å²) in [5, 5.41) is 5.21. The van der Waals surface area contributed by atoms with Crippen molar-refractivity contribution in [3.05, 3.63) is 109 Å². The average molecular weight is 419 g/mol. The number of benzene rings is 4. The number of rotatable bonds is 3. The van der Waals surface area contributed by atoms with Gasteiger partial charge in [-0.1, -0.05) is 84.9 Å². The van der Waals surface area contributed by atoms with Gasteiger partial charge in [-0.05, 0) is 56.9 Å². The van der Waals surface area contributed by atoms with E-state index in [2.05, 4.69) is 109 Å². The molecule has 2 aromatic heterocycles. The van der Waals surface area contributed by atoms with E-state index in [1.165, 1.54) is 52.2 Å². The highest BCUT2D eigenvalue weighted by atomic mass is 32.1. The topological polar surface area (TPSA) is 0 Å². The third-order valence-corrected chi connectivity index (χ3v) is 8.00. The first-order valence-electron chi connectivity index (χ1n) is 10.0. The fourth-order valence-electron chi connectivity index (χ4n) is 4.11. The average Bonchev–Trinajstić information content (AvgIpc) is 3.48. The number of hydrogen-bond donors (Lipinski definition) is 0. The largest absolute Gasteiger partial charge is 0.134 e. The minimum Gasteiger partial charge on any atom is -0.134 e. The van der Waals surface area contributed by atoms with E-state index >= 15 is 0 Å². The minimum absolute atomic E-state index is 1.29. The molecule has 0 aliphatic heterocycles. The summed E-state index contributed by atoms with van der Waals surface area (Å²) in [5.41, 5.74) is 2.63. The quantitative estimate of drug-likeness (QED) is 0.269. The predicted molar refractivity (Wildman–Crippen MR) is 134 cm³/mol. The van der Waals surface area contributed by atoms with Crippen LogP contribution in [0.2, 0.25) is 0 Å². The summed E-state index contributed by atoms with van der Waals surface area (Å²) in [6.45, 7) is 0. The Morgan fingerprint density at radius 3 is 1.23 bits per heavy atom. The molecule has 2 heteroatoms. The van der Waals surface area contributed by atoms with Crippen molar-refractivity contribution in [1.82, 2.24) is 0 Å². The Bertz CT molecular complexity index is 1370. The molecule has 6 rings (SSSR count). The maximum Gasteiger partial charge on any atom is 0.0449 e. The molecule has 0 aliphatic rings. The van der Waals surface area contributed by atoms with Crippen LogP contribution in [0, 0.1) is 0 Å². The normalized spacial score (nSPS) is 11.3. The standard InChI is InChI=1S/C28H18S2/c1-3-11-21-19(7-1)9-5-13-23(21)25-15-17-27(29-25)28-18-16-26(30-28)24-14-6-10-20-8-2-4-12-22(20)24/h1-18H. The molecule has 0 N–H and O–H groups in total. The van der Waals surface area contributed by atoms with Gasteiger partial charge in [0.25, 0.3) is 0 Å². The van der Waals surface area contributed by atoms with Crippen molar-refractivity contribution in [3.63, 3.8) is 0 Å². The molecule has 0 spiro atoms. The van der Waals surface area contributed by atoms with E-state index in [0.29, 0.717) is 0 Å². The molecule has 4 aromatic carbocycles. The van der Waals surface area contributed by atoms with Crippen LogP contribution in [0.4, 0.5) is 0 Å². The third-order valence-electron chi connectivity index (χ3n) is 5.57. The maximum atomic E-state index is 2.26. The monoisotopic (exact) mass is 418 g/mol. The van der Waals surface area contributed by atoms with Gasteiger partial charge in [-0.2, -0.15) is 0 Å². The van der Waals surface area contributed by atoms with Crippen LogP contribution < -0.4 is 0 Å². The van der Waals surface area contributed by atoms with E-state index in [1.807, 2.05) is 22.7 Å². The van der Waals surface area contributed by atoms with Crippen LogP contribution in [0.5, 0.6) is 0 Å². The van der Waals surface area contributed by atoms with Crippen LogP contribution in [-0.4, -0.2) is 0 Å². The molecular weight excluding hydrogens is 400 g/mol. The zero-order valence-corrected chi connectivity index (χ0v) is 17.8. The lowest BCUT2D eigenvalue weighted by Crippen LogP contribution is -1.77. The molecule has 0 atom stereocenters. The van der Waals surface area contributed by atoms with Crippen molar-refractivity contribution >= 4 is 44.2 Å². The zero-order chi connectivity index (χ0) is 19.9. The van der Waals surface area contributed by atoms with Crippen LogP contribution in [0.3, 0.4) is 0 Å². The Morgan fingerprint density at radius 1 is 0.333 bits per heavy atom. The lowest BCUT2D eigenvalue weighted by Gasteiger charge is -2.04. The van der Waals surface area contributed by atoms with E-state index in [0.717, 1.165) is 0 Å². The molecule has 142 valence electrons. The Morgan fingerprint density at radius 2 is 0.733 bits per heavy atom. The predicted octanol–water partition coefficient (Wildman–Crippen LogP) is 9.12. The SMILES string of the molecule is c1ccc2c(-c3ccc(-c4ccc(-c5cccc6ccccc56)s4)s3)cccc2c1. The molecule has 6 aromatic rings. The second kappa shape index (κ2) is 7.24. The van der Waals surface area contributed by atoms with Gasteiger partial charge in [0.2, 0.25) is 0 Å². The van der Waals surface area contributed by atoms with Crippen molar-refractivity contribution in [2.75, 3.05) is 0 Å². The smallest absolute Gasteiger partial charge is 0.0449 e. The first kappa shape index (κ1) is 17.6. The molecule has 0 unspecified atom stereocenters. The molecule has 0 bridgehead atoms. The van der Waals surface area contributed by atoms with Gasteiger partial charge in [0, 0.05) is 19.5 Å². The lowest BCUT2D eigenvalue weighted by molar-refractivity contribution is 1.74. The third kappa shape index (κ3) is 2.97. The molecule has 0 saturated heterocycles. The van der Waals surface area contributed by atoms with Gasteiger partial charge in [-0.3, -0.25) is 0 Å². The molecule has 2 heterocycles. The molecule has 0 saturated carbocycles. The Balaban J connectivity index is 1.41. The number of fused-ring (bicyclic) bond motifs is 2. The van der Waals surface area contributed by atoms with Crippen molar-refractivity contribution in [3.8, 4) is 30.6 Å². The summed E-state index contributed by atoms with van der Waals surface area (Å²) >= 11 is 3.75. The van der Waals surface area contributed by atoms with Gasteiger partial charge >= 0.3 is 0 Å². The summed E-state index contributed by atoms with van der Waals surface area (Å²) in [6.07, 6.45) is 0. The minimum atomic E-state index is 1.29. The summed E-state index contributed by atoms with van der Waals surface area (Å²) in [4.78, 5) is 5.30. The second-order valence-electron chi connectivity index (χ2n) is 7.38. The van der Waals surface area contributed by atoms with Crippen LogP contribution in [-0.2, 0) is 0 Å². The van der Waals surface area contributed by atoms with Crippen LogP contribution in [0.25, 0.3) is 52.2 Å². The van der Waals surface area contributed by atoms with Crippen molar-refractivity contribution in [2.45, 2.75) is 0 Å². The fourth-order valence-corrected chi connectivity index (χ4v) is 6.29. The number of thiophene rings is 2. The van der Waals surface area contributed by atoms with Gasteiger partial charge in [-0.25, -0.2) is 0 Å². The lowest BCUT2D eigenvalue weighted by atomic mass is 10.0. The molecule has 0 radical (unpaired) electrons. The van der Waals surface area contributed by atoms with Gasteiger partial charge < -0.3 is 0 Å². The van der Waals surface area contributed by atoms with Crippen LogP contribution in [0.1, 0.15) is 0 Å². The zero-order valence-electron chi connectivity index (χ0n) is 16.2. The molecule has 30 heavy (non-hydrogen) atoms. The Labute approximate surface area is 183 Å². The van der Waals surface area contributed by atoms with Gasteiger partial charge in [0.1, 0.15) is 0 Å². The highest BCUT2D eigenvalue weighted by molar-refractivity contribution is 7.25. The van der Waals surface area contributed by atoms with E-state index in [-0.39, 0.29) is 0 Å². The molecule has 0 fully saturated rings. The van der Waals surface area contributed by atoms with Crippen LogP contribution >= 0.6 is 22.7 Å². The van der Waals surface area contributed by atoms with E-state index in [1.54, 1.807) is 0 Å². The summed E-state index contributed by atoms with van der Waals surface area (Å²) < 4.78 is 0. The Hall–Kier alpha value is -3.20. The van der Waals surface area contributed by atoms with Crippen molar-refractivity contribution < 1.29 is 0 Å². The molecular formula is C28H18S2. The maximum absolute atomic E-state index is 2.26. The van der Waals surface area contributed by atoms with E-state index < -0.39 is 0 Å². The summed E-state index contributed by atoms with van der Waals surface area (Å²) in [6, 6.07) is 39.4. The summed E-state index contributed by atoms with van der Waals surface area (Å²) in [5.74, 6) is 0. The van der Waals surface area contributed by atoms with E-state index in [9.17, 15) is 0 Å². The first-order valence-corrected chi connectivity index (χ1v) is 11.7. The van der Waals surface area contributed by atoms with Crippen molar-refractivity contribution in [2.24, 2.45) is 0 Å². The highest BCUT2D eigenvalue weighted by Gasteiger charge is 2.11. The molecule has 0 amide bonds. The highest BCUT2D eigenvalue weighted by Crippen LogP contribution is 2.42. The summed E-state index contributed by atoms with van der Waals surface area (Å²) in [7, 11) is 0. The van der Waals surface area contributed by atoms with E-state index in [4.69, 9.17) is 0 Å². The molecule has 0 nitrogen and oxygen atoms in total. The Kier molecular flexibility index (Phi) is 4.26. The number of hydrogen-bond acceptors (Lipinski definition) is 2. The van der Waals surface area contributed by atoms with Gasteiger partial charge in [0.15, 0.2) is 0 Å². The van der Waals surface area contributed by atoms with Crippen LogP contribution in [0.15, 0.2) is 109 Å². The molecule has 0 aliphatic carbocycles. The first-order chi connectivity index (χ1) is 14.9. The fraction of sp³-hybridized carbons (Fsp3) is 0.